The molecular formula is C10H7F6NO3. The fourth-order valence-corrected chi connectivity index (χ4v) is 1.19. The standard InChI is InChI=1S/C10H7F6NO3/c1-4(8(18)19)20-7-2-5(9(11,12)13)6(3-17-7)10(14,15)16/h2-4H,1H3,(H,18,19). The number of carboxylic acid groups (broad SMARTS) is 1. The van der Waals surface area contributed by atoms with Crippen molar-refractivity contribution < 1.29 is 41.0 Å². The van der Waals surface area contributed by atoms with Crippen molar-refractivity contribution in [1.29, 1.82) is 0 Å². The topological polar surface area (TPSA) is 59.4 Å². The third kappa shape index (κ3) is 3.75. The van der Waals surface area contributed by atoms with Gasteiger partial charge in [-0.05, 0) is 6.92 Å². The number of rotatable bonds is 3. The average Bonchev–Trinajstić information content (AvgIpc) is 2.26. The molecule has 1 aromatic heterocycles. The summed E-state index contributed by atoms with van der Waals surface area (Å²) in [4.78, 5) is 13.5. The molecular weight excluding hydrogens is 296 g/mol. The van der Waals surface area contributed by atoms with E-state index in [2.05, 4.69) is 9.72 Å². The second kappa shape index (κ2) is 5.17. The van der Waals surface area contributed by atoms with Gasteiger partial charge in [-0.15, -0.1) is 0 Å². The first kappa shape index (κ1) is 16.1. The number of alkyl halides is 6. The summed E-state index contributed by atoms with van der Waals surface area (Å²) in [6.07, 6.45) is -12.1. The molecule has 112 valence electrons. The number of carboxylic acids is 1. The van der Waals surface area contributed by atoms with E-state index in [1.54, 1.807) is 0 Å². The summed E-state index contributed by atoms with van der Waals surface area (Å²) in [5.41, 5.74) is -3.96. The van der Waals surface area contributed by atoms with Gasteiger partial charge in [0.15, 0.2) is 6.10 Å². The number of halogens is 6. The maximum atomic E-state index is 12.6. The lowest BCUT2D eigenvalue weighted by Crippen LogP contribution is -2.24. The molecule has 1 aromatic rings. The first-order valence-corrected chi connectivity index (χ1v) is 4.97. The van der Waals surface area contributed by atoms with Crippen molar-refractivity contribution in [3.05, 3.63) is 23.4 Å². The Balaban J connectivity index is 3.26. The highest BCUT2D eigenvalue weighted by atomic mass is 19.4. The summed E-state index contributed by atoms with van der Waals surface area (Å²) >= 11 is 0. The molecule has 0 amide bonds. The van der Waals surface area contributed by atoms with Gasteiger partial charge in [-0.25, -0.2) is 9.78 Å². The van der Waals surface area contributed by atoms with Crippen molar-refractivity contribution in [2.24, 2.45) is 0 Å². The number of hydrogen-bond acceptors (Lipinski definition) is 3. The second-order valence-electron chi connectivity index (χ2n) is 3.66. The Kier molecular flexibility index (Phi) is 4.15. The first-order chi connectivity index (χ1) is 8.93. The lowest BCUT2D eigenvalue weighted by molar-refractivity contribution is -0.162. The van der Waals surface area contributed by atoms with Crippen molar-refractivity contribution in [2.75, 3.05) is 0 Å². The summed E-state index contributed by atoms with van der Waals surface area (Å²) in [6.45, 7) is 0.995. The Morgan fingerprint density at radius 3 is 2.10 bits per heavy atom. The van der Waals surface area contributed by atoms with E-state index in [1.165, 1.54) is 0 Å². The molecule has 0 bridgehead atoms. The van der Waals surface area contributed by atoms with Crippen LogP contribution in [-0.2, 0) is 17.1 Å². The molecule has 20 heavy (non-hydrogen) atoms. The highest BCUT2D eigenvalue weighted by Crippen LogP contribution is 2.40. The maximum Gasteiger partial charge on any atom is 0.418 e. The van der Waals surface area contributed by atoms with Crippen LogP contribution in [0, 0.1) is 0 Å². The van der Waals surface area contributed by atoms with Crippen molar-refractivity contribution >= 4 is 5.97 Å². The Labute approximate surface area is 108 Å². The number of nitrogens with zero attached hydrogens (tertiary/aromatic N) is 1. The molecule has 0 radical (unpaired) electrons. The number of carbonyl (C=O) groups is 1. The van der Waals surface area contributed by atoms with E-state index >= 15 is 0 Å². The van der Waals surface area contributed by atoms with Crippen LogP contribution < -0.4 is 4.74 Å². The predicted octanol–water partition coefficient (Wildman–Crippen LogP) is 2.97. The molecule has 1 atom stereocenters. The van der Waals surface area contributed by atoms with Crippen molar-refractivity contribution in [2.45, 2.75) is 25.4 Å². The SMILES string of the molecule is CC(Oc1cc(C(F)(F)F)c(C(F)(F)F)cn1)C(=O)O. The molecule has 10 heteroatoms. The predicted molar refractivity (Wildman–Crippen MR) is 52.0 cm³/mol. The van der Waals surface area contributed by atoms with Gasteiger partial charge >= 0.3 is 18.3 Å². The van der Waals surface area contributed by atoms with Crippen LogP contribution in [0.1, 0.15) is 18.1 Å². The first-order valence-electron chi connectivity index (χ1n) is 4.97. The molecule has 0 aliphatic rings. The van der Waals surface area contributed by atoms with Crippen LogP contribution in [-0.4, -0.2) is 22.2 Å². The molecule has 1 heterocycles. The van der Waals surface area contributed by atoms with Gasteiger partial charge in [0.05, 0.1) is 11.1 Å². The number of aliphatic carboxylic acids is 1. The Bertz CT molecular complexity index is 511. The van der Waals surface area contributed by atoms with E-state index in [0.29, 0.717) is 0 Å². The van der Waals surface area contributed by atoms with E-state index in [-0.39, 0.29) is 12.3 Å². The highest BCUT2D eigenvalue weighted by Gasteiger charge is 2.44. The molecule has 1 rings (SSSR count). The smallest absolute Gasteiger partial charge is 0.418 e. The summed E-state index contributed by atoms with van der Waals surface area (Å²) < 4.78 is 79.4. The lowest BCUT2D eigenvalue weighted by atomic mass is 10.1. The largest absolute Gasteiger partial charge is 0.479 e. The van der Waals surface area contributed by atoms with Crippen LogP contribution in [0.3, 0.4) is 0 Å². The number of ether oxygens (including phenoxy) is 1. The van der Waals surface area contributed by atoms with Crippen molar-refractivity contribution in [1.82, 2.24) is 4.98 Å². The highest BCUT2D eigenvalue weighted by molar-refractivity contribution is 5.72. The summed E-state index contributed by atoms with van der Waals surface area (Å²) in [5.74, 6) is -2.36. The van der Waals surface area contributed by atoms with E-state index in [1.807, 2.05) is 0 Å². The summed E-state index contributed by atoms with van der Waals surface area (Å²) in [6, 6.07) is 0.0161. The third-order valence-electron chi connectivity index (χ3n) is 2.13. The zero-order chi connectivity index (χ0) is 15.7. The van der Waals surface area contributed by atoms with Crippen LogP contribution >= 0.6 is 0 Å². The molecule has 0 fully saturated rings. The van der Waals surface area contributed by atoms with Gasteiger partial charge < -0.3 is 9.84 Å². The minimum Gasteiger partial charge on any atom is -0.479 e. The van der Waals surface area contributed by atoms with Gasteiger partial charge in [0.2, 0.25) is 5.88 Å². The van der Waals surface area contributed by atoms with Crippen LogP contribution in [0.4, 0.5) is 26.3 Å². The monoisotopic (exact) mass is 303 g/mol. The number of aromatic nitrogens is 1. The van der Waals surface area contributed by atoms with Crippen LogP contribution in [0.15, 0.2) is 12.3 Å². The second-order valence-corrected chi connectivity index (χ2v) is 3.66. The molecule has 0 saturated heterocycles. The fraction of sp³-hybridized carbons (Fsp3) is 0.400. The minimum atomic E-state index is -5.28. The van der Waals surface area contributed by atoms with Gasteiger partial charge in [-0.2, -0.15) is 26.3 Å². The van der Waals surface area contributed by atoms with Crippen molar-refractivity contribution in [3.63, 3.8) is 0 Å². The van der Waals surface area contributed by atoms with E-state index in [9.17, 15) is 31.1 Å². The van der Waals surface area contributed by atoms with Crippen LogP contribution in [0.25, 0.3) is 0 Å². The van der Waals surface area contributed by atoms with Crippen LogP contribution in [0.2, 0.25) is 0 Å². The minimum absolute atomic E-state index is 0.0161. The van der Waals surface area contributed by atoms with Gasteiger partial charge in [0.1, 0.15) is 0 Å². The van der Waals surface area contributed by atoms with Gasteiger partial charge in [0, 0.05) is 12.3 Å². The zero-order valence-corrected chi connectivity index (χ0v) is 9.71. The van der Waals surface area contributed by atoms with Gasteiger partial charge in [-0.1, -0.05) is 0 Å². The normalized spacial score (nSPS) is 13.9. The van der Waals surface area contributed by atoms with Crippen molar-refractivity contribution in [3.8, 4) is 5.88 Å². The van der Waals surface area contributed by atoms with E-state index < -0.39 is 41.4 Å². The number of pyridine rings is 1. The Morgan fingerprint density at radius 1 is 1.20 bits per heavy atom. The molecule has 0 aromatic carbocycles. The Hall–Kier alpha value is -2.00. The third-order valence-corrected chi connectivity index (χ3v) is 2.13. The van der Waals surface area contributed by atoms with Crippen LogP contribution in [0.5, 0.6) is 5.88 Å². The zero-order valence-electron chi connectivity index (χ0n) is 9.71. The van der Waals surface area contributed by atoms with Gasteiger partial charge in [-0.3, -0.25) is 0 Å². The average molecular weight is 303 g/mol. The lowest BCUT2D eigenvalue weighted by Gasteiger charge is -2.16. The quantitative estimate of drug-likeness (QED) is 0.872. The van der Waals surface area contributed by atoms with Gasteiger partial charge in [0.25, 0.3) is 0 Å². The number of hydrogen-bond donors (Lipinski definition) is 1. The maximum absolute atomic E-state index is 12.6. The fourth-order valence-electron chi connectivity index (χ4n) is 1.19. The summed E-state index contributed by atoms with van der Waals surface area (Å²) in [5, 5.41) is 8.50. The molecule has 1 unspecified atom stereocenters. The van der Waals surface area contributed by atoms with E-state index in [4.69, 9.17) is 5.11 Å². The van der Waals surface area contributed by atoms with E-state index in [0.717, 1.165) is 6.92 Å². The molecule has 0 aliphatic heterocycles. The molecule has 1 N–H and O–H groups in total. The molecule has 0 aliphatic carbocycles. The molecule has 0 spiro atoms. The Morgan fingerprint density at radius 2 is 1.70 bits per heavy atom. The summed E-state index contributed by atoms with van der Waals surface area (Å²) in [7, 11) is 0. The molecule has 0 saturated carbocycles. The molecule has 4 nitrogen and oxygen atoms in total.